The number of rotatable bonds is 3. The van der Waals surface area contributed by atoms with Crippen LogP contribution in [0.15, 0.2) is 0 Å². The van der Waals surface area contributed by atoms with Crippen LogP contribution in [0.25, 0.3) is 0 Å². The lowest BCUT2D eigenvalue weighted by molar-refractivity contribution is -0.145. The van der Waals surface area contributed by atoms with E-state index in [1.165, 1.54) is 6.92 Å². The summed E-state index contributed by atoms with van der Waals surface area (Å²) in [6.07, 6.45) is -1.56. The molecule has 0 aliphatic rings. The Kier molecular flexibility index (Phi) is 9.79. The summed E-state index contributed by atoms with van der Waals surface area (Å²) in [7, 11) is 1.56. The molecule has 0 rings (SSSR count). The maximum Gasteiger partial charge on any atom is 0.332 e. The van der Waals surface area contributed by atoms with E-state index in [1.807, 2.05) is 0 Å². The minimum atomic E-state index is -1.23. The fourth-order valence-corrected chi connectivity index (χ4v) is 0.241. The Hall–Kier alpha value is -0.650. The van der Waals surface area contributed by atoms with Gasteiger partial charge in [-0.05, 0) is 13.8 Å². The smallest absolute Gasteiger partial charge is 0.332 e. The minimum absolute atomic E-state index is 0.324. The van der Waals surface area contributed by atoms with Gasteiger partial charge in [-0.25, -0.2) is 4.79 Å². The second-order valence-corrected chi connectivity index (χ2v) is 2.32. The Morgan fingerprint density at radius 2 is 1.75 bits per heavy atom. The number of carboxylic acid groups (broad SMARTS) is 1. The van der Waals surface area contributed by atoms with E-state index in [1.54, 1.807) is 14.0 Å². The van der Waals surface area contributed by atoms with Crippen LogP contribution in [0.4, 0.5) is 0 Å². The van der Waals surface area contributed by atoms with Crippen LogP contribution in [0.5, 0.6) is 0 Å². The second-order valence-electron chi connectivity index (χ2n) is 2.32. The standard InChI is InChI=1S/C4H10O2.C3H6O3/c1-4(5)3-6-2;1-2(4)3(5)6/h4-5H,3H2,1-2H3;2,4H,1H3,(H,5,6). The molecule has 5 heteroatoms. The number of aliphatic hydroxyl groups excluding tert-OH is 2. The zero-order valence-corrected chi connectivity index (χ0v) is 7.52. The third-order valence-electron chi connectivity index (χ3n) is 0.765. The Morgan fingerprint density at radius 1 is 1.42 bits per heavy atom. The van der Waals surface area contributed by atoms with Gasteiger partial charge in [0, 0.05) is 7.11 Å². The molecule has 0 radical (unpaired) electrons. The molecule has 0 saturated heterocycles. The summed E-state index contributed by atoms with van der Waals surface area (Å²) in [6.45, 7) is 3.31. The number of aliphatic carboxylic acids is 1. The predicted molar refractivity (Wildman–Crippen MR) is 42.9 cm³/mol. The maximum absolute atomic E-state index is 9.45. The molecule has 0 spiro atoms. The van der Waals surface area contributed by atoms with Crippen LogP contribution in [0.1, 0.15) is 13.8 Å². The van der Waals surface area contributed by atoms with Gasteiger partial charge in [0.25, 0.3) is 0 Å². The monoisotopic (exact) mass is 180 g/mol. The summed E-state index contributed by atoms with van der Waals surface area (Å²) in [6, 6.07) is 0. The highest BCUT2D eigenvalue weighted by molar-refractivity contribution is 5.71. The number of methoxy groups -OCH3 is 1. The molecule has 0 saturated carbocycles. The van der Waals surface area contributed by atoms with Crippen LogP contribution in [0, 0.1) is 0 Å². The molecule has 2 unspecified atom stereocenters. The van der Waals surface area contributed by atoms with Crippen LogP contribution in [-0.4, -0.2) is 47.2 Å². The Labute approximate surface area is 71.6 Å². The normalized spacial score (nSPS) is 14.1. The van der Waals surface area contributed by atoms with Crippen molar-refractivity contribution in [2.75, 3.05) is 13.7 Å². The molecular weight excluding hydrogens is 164 g/mol. The van der Waals surface area contributed by atoms with E-state index in [0.717, 1.165) is 0 Å². The zero-order chi connectivity index (χ0) is 10.1. The largest absolute Gasteiger partial charge is 0.479 e. The van der Waals surface area contributed by atoms with Gasteiger partial charge in [-0.1, -0.05) is 0 Å². The summed E-state index contributed by atoms with van der Waals surface area (Å²) in [4.78, 5) is 9.45. The van der Waals surface area contributed by atoms with Crippen molar-refractivity contribution in [3.05, 3.63) is 0 Å². The third-order valence-corrected chi connectivity index (χ3v) is 0.765. The lowest BCUT2D eigenvalue weighted by Crippen LogP contribution is -2.13. The number of aliphatic hydroxyl groups is 2. The molecule has 0 bridgehead atoms. The minimum Gasteiger partial charge on any atom is -0.479 e. The van der Waals surface area contributed by atoms with Gasteiger partial charge in [-0.3, -0.25) is 0 Å². The van der Waals surface area contributed by atoms with Crippen molar-refractivity contribution in [1.82, 2.24) is 0 Å². The van der Waals surface area contributed by atoms with Crippen molar-refractivity contribution in [3.63, 3.8) is 0 Å². The molecule has 0 aromatic heterocycles. The molecular formula is C7H16O5. The summed E-state index contributed by atoms with van der Waals surface area (Å²) in [5.74, 6) is -1.19. The first kappa shape index (κ1) is 13.9. The van der Waals surface area contributed by atoms with Gasteiger partial charge in [0.05, 0.1) is 12.7 Å². The van der Waals surface area contributed by atoms with Crippen LogP contribution >= 0.6 is 0 Å². The summed E-state index contributed by atoms with van der Waals surface area (Å²) in [5, 5.41) is 24.2. The first-order valence-electron chi connectivity index (χ1n) is 3.49. The SMILES string of the molecule is CC(O)C(=O)O.COCC(C)O. The number of hydrogen-bond acceptors (Lipinski definition) is 4. The van der Waals surface area contributed by atoms with E-state index in [-0.39, 0.29) is 6.10 Å². The summed E-state index contributed by atoms with van der Waals surface area (Å²) < 4.78 is 4.55. The van der Waals surface area contributed by atoms with Crippen molar-refractivity contribution in [1.29, 1.82) is 0 Å². The molecule has 0 fully saturated rings. The highest BCUT2D eigenvalue weighted by Crippen LogP contribution is 1.75. The zero-order valence-electron chi connectivity index (χ0n) is 7.52. The van der Waals surface area contributed by atoms with E-state index in [4.69, 9.17) is 15.3 Å². The lowest BCUT2D eigenvalue weighted by atomic mass is 10.4. The van der Waals surface area contributed by atoms with E-state index < -0.39 is 12.1 Å². The average Bonchev–Trinajstić information content (AvgIpc) is 1.87. The van der Waals surface area contributed by atoms with Crippen molar-refractivity contribution >= 4 is 5.97 Å². The van der Waals surface area contributed by atoms with Crippen LogP contribution in [0.2, 0.25) is 0 Å². The highest BCUT2D eigenvalue weighted by atomic mass is 16.5. The van der Waals surface area contributed by atoms with Gasteiger partial charge in [0.2, 0.25) is 0 Å². The first-order valence-corrected chi connectivity index (χ1v) is 3.49. The van der Waals surface area contributed by atoms with Gasteiger partial charge in [0.1, 0.15) is 6.10 Å². The summed E-state index contributed by atoms with van der Waals surface area (Å²) in [5.41, 5.74) is 0. The van der Waals surface area contributed by atoms with E-state index in [9.17, 15) is 4.79 Å². The molecule has 2 atom stereocenters. The van der Waals surface area contributed by atoms with E-state index in [2.05, 4.69) is 4.74 Å². The van der Waals surface area contributed by atoms with Crippen LogP contribution in [-0.2, 0) is 9.53 Å². The fraction of sp³-hybridized carbons (Fsp3) is 0.857. The van der Waals surface area contributed by atoms with E-state index in [0.29, 0.717) is 6.61 Å². The van der Waals surface area contributed by atoms with Crippen LogP contribution < -0.4 is 0 Å². The third kappa shape index (κ3) is 16.2. The molecule has 0 aliphatic carbocycles. The molecule has 0 amide bonds. The molecule has 0 aromatic rings. The molecule has 5 nitrogen and oxygen atoms in total. The quantitative estimate of drug-likeness (QED) is 0.543. The van der Waals surface area contributed by atoms with Gasteiger partial charge in [-0.2, -0.15) is 0 Å². The van der Waals surface area contributed by atoms with E-state index >= 15 is 0 Å². The van der Waals surface area contributed by atoms with Gasteiger partial charge in [-0.15, -0.1) is 0 Å². The molecule has 0 aromatic carbocycles. The van der Waals surface area contributed by atoms with Gasteiger partial charge < -0.3 is 20.1 Å². The van der Waals surface area contributed by atoms with Crippen molar-refractivity contribution in [3.8, 4) is 0 Å². The van der Waals surface area contributed by atoms with Crippen molar-refractivity contribution in [2.45, 2.75) is 26.1 Å². The number of ether oxygens (including phenoxy) is 1. The second kappa shape index (κ2) is 8.45. The average molecular weight is 180 g/mol. The molecule has 74 valence electrons. The van der Waals surface area contributed by atoms with Gasteiger partial charge >= 0.3 is 5.97 Å². The van der Waals surface area contributed by atoms with Gasteiger partial charge in [0.15, 0.2) is 0 Å². The Morgan fingerprint density at radius 3 is 1.75 bits per heavy atom. The fourth-order valence-electron chi connectivity index (χ4n) is 0.241. The molecule has 3 N–H and O–H groups in total. The topological polar surface area (TPSA) is 87.0 Å². The predicted octanol–water partition coefficient (Wildman–Crippen LogP) is -0.535. The summed E-state index contributed by atoms with van der Waals surface area (Å²) >= 11 is 0. The molecule has 0 heterocycles. The van der Waals surface area contributed by atoms with Crippen molar-refractivity contribution < 1.29 is 24.9 Å². The lowest BCUT2D eigenvalue weighted by Gasteiger charge is -1.97. The Bertz CT molecular complexity index is 110. The first-order chi connectivity index (χ1) is 5.41. The highest BCUT2D eigenvalue weighted by Gasteiger charge is 2.01. The molecule has 12 heavy (non-hydrogen) atoms. The van der Waals surface area contributed by atoms with Crippen molar-refractivity contribution in [2.24, 2.45) is 0 Å². The Balaban J connectivity index is 0. The van der Waals surface area contributed by atoms with Crippen LogP contribution in [0.3, 0.4) is 0 Å². The molecule has 0 aliphatic heterocycles. The number of hydrogen-bond donors (Lipinski definition) is 3. The number of carboxylic acids is 1. The number of carbonyl (C=O) groups is 1. The maximum atomic E-state index is 9.45.